The highest BCUT2D eigenvalue weighted by Crippen LogP contribution is 2.15. The van der Waals surface area contributed by atoms with E-state index in [2.05, 4.69) is 14.7 Å². The van der Waals surface area contributed by atoms with E-state index in [1.807, 2.05) is 0 Å². The van der Waals surface area contributed by atoms with Crippen LogP contribution in [0.5, 0.6) is 0 Å². The topological polar surface area (TPSA) is 88.5 Å². The summed E-state index contributed by atoms with van der Waals surface area (Å²) in [5.41, 5.74) is 0.974. The van der Waals surface area contributed by atoms with Crippen LogP contribution in [0.3, 0.4) is 0 Å². The third kappa shape index (κ3) is 3.58. The minimum absolute atomic E-state index is 0.0956. The van der Waals surface area contributed by atoms with Crippen LogP contribution in [0.4, 0.5) is 5.69 Å². The lowest BCUT2D eigenvalue weighted by Gasteiger charge is -2.06. The first-order valence-electron chi connectivity index (χ1n) is 5.69. The van der Waals surface area contributed by atoms with E-state index in [0.717, 1.165) is 0 Å². The van der Waals surface area contributed by atoms with E-state index >= 15 is 0 Å². The summed E-state index contributed by atoms with van der Waals surface area (Å²) in [4.78, 5) is 17.6. The van der Waals surface area contributed by atoms with Crippen molar-refractivity contribution in [1.29, 1.82) is 0 Å². The average Bonchev–Trinajstić information content (AvgIpc) is 2.47. The zero-order valence-electron chi connectivity index (χ0n) is 10.4. The van der Waals surface area contributed by atoms with Gasteiger partial charge in [0, 0.05) is 6.20 Å². The molecule has 0 saturated carbocycles. The number of benzene rings is 1. The van der Waals surface area contributed by atoms with Crippen LogP contribution in [0.25, 0.3) is 0 Å². The Labute approximate surface area is 116 Å². The normalized spacial score (nSPS) is 10.8. The van der Waals surface area contributed by atoms with Gasteiger partial charge in [0.25, 0.3) is 0 Å². The van der Waals surface area contributed by atoms with Crippen molar-refractivity contribution in [2.75, 3.05) is 0 Å². The van der Waals surface area contributed by atoms with Crippen LogP contribution < -0.4 is 4.72 Å². The summed E-state index contributed by atoms with van der Waals surface area (Å²) in [5.74, 6) is 0. The Bertz CT molecular complexity index is 721. The van der Waals surface area contributed by atoms with Crippen LogP contribution >= 0.6 is 0 Å². The van der Waals surface area contributed by atoms with Gasteiger partial charge in [0.05, 0.1) is 22.8 Å². The molecule has 0 unspecified atom stereocenters. The van der Waals surface area contributed by atoms with Gasteiger partial charge in [-0.2, -0.15) is 4.99 Å². The molecule has 1 N–H and O–H groups in total. The first-order chi connectivity index (χ1) is 9.62. The summed E-state index contributed by atoms with van der Waals surface area (Å²) < 4.78 is 26.5. The second-order valence-electron chi connectivity index (χ2n) is 3.84. The quantitative estimate of drug-likeness (QED) is 0.667. The molecule has 7 heteroatoms. The lowest BCUT2D eigenvalue weighted by atomic mass is 10.3. The lowest BCUT2D eigenvalue weighted by molar-refractivity contribution is 0.565. The average molecular weight is 289 g/mol. The Hall–Kier alpha value is -2.34. The predicted octanol–water partition coefficient (Wildman–Crippen LogP) is 1.53. The number of nitrogens with zero attached hydrogens (tertiary/aromatic N) is 2. The van der Waals surface area contributed by atoms with E-state index in [1.54, 1.807) is 24.4 Å². The van der Waals surface area contributed by atoms with Gasteiger partial charge in [0.2, 0.25) is 16.1 Å². The second kappa shape index (κ2) is 6.21. The fourth-order valence-electron chi connectivity index (χ4n) is 1.51. The Morgan fingerprint density at radius 1 is 1.15 bits per heavy atom. The summed E-state index contributed by atoms with van der Waals surface area (Å²) in [6.45, 7) is 0.109. The largest absolute Gasteiger partial charge is 0.260 e. The molecule has 0 atom stereocenters. The molecule has 1 aromatic heterocycles. The van der Waals surface area contributed by atoms with Crippen molar-refractivity contribution in [2.24, 2.45) is 4.99 Å². The van der Waals surface area contributed by atoms with Gasteiger partial charge in [0.15, 0.2) is 0 Å². The van der Waals surface area contributed by atoms with Crippen LogP contribution in [-0.2, 0) is 21.4 Å². The van der Waals surface area contributed by atoms with Crippen LogP contribution in [0, 0.1) is 0 Å². The van der Waals surface area contributed by atoms with E-state index in [1.165, 1.54) is 30.3 Å². The molecule has 6 nitrogen and oxygen atoms in total. The molecular formula is C13H11N3O3S. The van der Waals surface area contributed by atoms with Crippen LogP contribution in [0.2, 0.25) is 0 Å². The smallest absolute Gasteiger partial charge is 0.240 e. The number of rotatable bonds is 5. The molecule has 2 aromatic rings. The maximum Gasteiger partial charge on any atom is 0.240 e. The molecule has 0 aliphatic rings. The van der Waals surface area contributed by atoms with E-state index in [9.17, 15) is 13.2 Å². The fourth-order valence-corrected chi connectivity index (χ4v) is 2.51. The van der Waals surface area contributed by atoms with Gasteiger partial charge in [-0.3, -0.25) is 4.98 Å². The van der Waals surface area contributed by atoms with Gasteiger partial charge >= 0.3 is 0 Å². The number of nitrogens with one attached hydrogen (secondary N) is 1. The Kier molecular flexibility index (Phi) is 4.37. The number of aromatic nitrogens is 1. The van der Waals surface area contributed by atoms with Gasteiger partial charge in [-0.1, -0.05) is 6.07 Å². The zero-order valence-corrected chi connectivity index (χ0v) is 11.2. The highest BCUT2D eigenvalue weighted by Gasteiger charge is 2.13. The molecule has 20 heavy (non-hydrogen) atoms. The number of hydrogen-bond donors (Lipinski definition) is 1. The van der Waals surface area contributed by atoms with E-state index in [0.29, 0.717) is 11.4 Å². The molecule has 0 radical (unpaired) electrons. The molecule has 102 valence electrons. The third-order valence-corrected chi connectivity index (χ3v) is 3.91. The van der Waals surface area contributed by atoms with Crippen molar-refractivity contribution in [2.45, 2.75) is 11.4 Å². The SMILES string of the molecule is O=C=Nc1ccc(S(=O)(=O)NCc2ccccn2)cc1. The van der Waals surface area contributed by atoms with Gasteiger partial charge in [-0.25, -0.2) is 17.9 Å². The number of hydrogen-bond acceptors (Lipinski definition) is 5. The van der Waals surface area contributed by atoms with Crippen molar-refractivity contribution < 1.29 is 13.2 Å². The molecule has 0 saturated heterocycles. The second-order valence-corrected chi connectivity index (χ2v) is 5.61. The van der Waals surface area contributed by atoms with E-state index < -0.39 is 10.0 Å². The van der Waals surface area contributed by atoms with Crippen LogP contribution in [0.15, 0.2) is 58.5 Å². The monoisotopic (exact) mass is 289 g/mol. The minimum Gasteiger partial charge on any atom is -0.260 e. The maximum atomic E-state index is 12.0. The molecule has 0 aliphatic heterocycles. The zero-order chi connectivity index (χ0) is 14.4. The fraction of sp³-hybridized carbons (Fsp3) is 0.0769. The van der Waals surface area contributed by atoms with E-state index in [4.69, 9.17) is 0 Å². The van der Waals surface area contributed by atoms with Crippen molar-refractivity contribution in [3.63, 3.8) is 0 Å². The number of pyridine rings is 1. The number of isocyanates is 1. The van der Waals surface area contributed by atoms with Gasteiger partial charge in [0.1, 0.15) is 0 Å². The molecule has 0 amide bonds. The number of sulfonamides is 1. The third-order valence-electron chi connectivity index (χ3n) is 2.49. The van der Waals surface area contributed by atoms with Gasteiger partial charge in [-0.05, 0) is 36.4 Å². The molecule has 1 aromatic carbocycles. The standard InChI is InChI=1S/C13H11N3O3S/c17-10-15-11-4-6-13(7-5-11)20(18,19)16-9-12-3-1-2-8-14-12/h1-8,16H,9H2. The summed E-state index contributed by atoms with van der Waals surface area (Å²) >= 11 is 0. The van der Waals surface area contributed by atoms with Crippen molar-refractivity contribution in [3.8, 4) is 0 Å². The van der Waals surface area contributed by atoms with Crippen molar-refractivity contribution in [3.05, 3.63) is 54.4 Å². The summed E-state index contributed by atoms with van der Waals surface area (Å²) in [5, 5.41) is 0. The highest BCUT2D eigenvalue weighted by atomic mass is 32.2. The van der Waals surface area contributed by atoms with Gasteiger partial charge in [-0.15, -0.1) is 0 Å². The molecule has 0 bridgehead atoms. The molecule has 0 fully saturated rings. The predicted molar refractivity (Wildman–Crippen MR) is 72.5 cm³/mol. The minimum atomic E-state index is -3.62. The Morgan fingerprint density at radius 2 is 1.90 bits per heavy atom. The van der Waals surface area contributed by atoms with Crippen LogP contribution in [-0.4, -0.2) is 19.5 Å². The van der Waals surface area contributed by atoms with Crippen molar-refractivity contribution >= 4 is 21.8 Å². The summed E-state index contributed by atoms with van der Waals surface area (Å²) in [6, 6.07) is 10.9. The molecular weight excluding hydrogens is 278 g/mol. The highest BCUT2D eigenvalue weighted by molar-refractivity contribution is 7.89. The Morgan fingerprint density at radius 3 is 2.50 bits per heavy atom. The first kappa shape index (κ1) is 14.1. The molecule has 0 aliphatic carbocycles. The molecule has 0 spiro atoms. The summed E-state index contributed by atoms with van der Waals surface area (Å²) in [6.07, 6.45) is 2.98. The van der Waals surface area contributed by atoms with E-state index in [-0.39, 0.29) is 11.4 Å². The Balaban J connectivity index is 2.12. The molecule has 1 heterocycles. The lowest BCUT2D eigenvalue weighted by Crippen LogP contribution is -2.23. The van der Waals surface area contributed by atoms with Crippen LogP contribution in [0.1, 0.15) is 5.69 Å². The van der Waals surface area contributed by atoms with Gasteiger partial charge < -0.3 is 0 Å². The maximum absolute atomic E-state index is 12.0. The number of carbonyl (C=O) groups excluding carboxylic acids is 1. The summed E-state index contributed by atoms with van der Waals surface area (Å²) in [7, 11) is -3.62. The van der Waals surface area contributed by atoms with Crippen molar-refractivity contribution in [1.82, 2.24) is 9.71 Å². The first-order valence-corrected chi connectivity index (χ1v) is 7.18. The number of aliphatic imine (C=N–C) groups is 1. The molecule has 2 rings (SSSR count).